The third-order valence-electron chi connectivity index (χ3n) is 3.43. The van der Waals surface area contributed by atoms with Crippen LogP contribution in [0.3, 0.4) is 0 Å². The van der Waals surface area contributed by atoms with Crippen molar-refractivity contribution in [1.29, 1.82) is 0 Å². The van der Waals surface area contributed by atoms with Crippen molar-refractivity contribution in [3.05, 3.63) is 51.7 Å². The number of urea groups is 1. The zero-order valence-corrected chi connectivity index (χ0v) is 13.3. The molecule has 1 aliphatic heterocycles. The van der Waals surface area contributed by atoms with E-state index in [0.29, 0.717) is 10.6 Å². The largest absolute Gasteiger partial charge is 0.329 e. The maximum absolute atomic E-state index is 12.2. The lowest BCUT2D eigenvalue weighted by Crippen LogP contribution is -2.30. The van der Waals surface area contributed by atoms with E-state index in [9.17, 15) is 14.4 Å². The smallest absolute Gasteiger partial charge is 0.324 e. The summed E-state index contributed by atoms with van der Waals surface area (Å²) in [5, 5.41) is 5.31. The van der Waals surface area contributed by atoms with Gasteiger partial charge in [0, 0.05) is 10.6 Å². The van der Waals surface area contributed by atoms with Crippen molar-refractivity contribution >= 4 is 34.9 Å². The second-order valence-corrected chi connectivity index (χ2v) is 6.49. The maximum Gasteiger partial charge on any atom is 0.324 e. The van der Waals surface area contributed by atoms with E-state index < -0.39 is 6.03 Å². The molecule has 2 N–H and O–H groups in total. The SMILES string of the molecule is Cc1ccc(C(=O)Nc2cccc(CN3C(=O)CNC3=O)c2)s1. The summed E-state index contributed by atoms with van der Waals surface area (Å²) in [5.74, 6) is -0.422. The monoisotopic (exact) mass is 329 g/mol. The minimum atomic E-state index is -0.390. The zero-order chi connectivity index (χ0) is 16.4. The van der Waals surface area contributed by atoms with Crippen LogP contribution in [0.4, 0.5) is 10.5 Å². The van der Waals surface area contributed by atoms with Crippen molar-refractivity contribution in [1.82, 2.24) is 10.2 Å². The second-order valence-electron chi connectivity index (χ2n) is 5.20. The highest BCUT2D eigenvalue weighted by Gasteiger charge is 2.28. The van der Waals surface area contributed by atoms with Gasteiger partial charge >= 0.3 is 6.03 Å². The highest BCUT2D eigenvalue weighted by Crippen LogP contribution is 2.19. The van der Waals surface area contributed by atoms with Gasteiger partial charge < -0.3 is 10.6 Å². The van der Waals surface area contributed by atoms with Crippen LogP contribution in [-0.2, 0) is 11.3 Å². The van der Waals surface area contributed by atoms with Gasteiger partial charge in [0.05, 0.1) is 18.0 Å². The average molecular weight is 329 g/mol. The minimum absolute atomic E-state index is 0.0347. The van der Waals surface area contributed by atoms with Gasteiger partial charge in [-0.05, 0) is 36.8 Å². The van der Waals surface area contributed by atoms with Crippen LogP contribution in [0.25, 0.3) is 0 Å². The first-order valence-electron chi connectivity index (χ1n) is 7.08. The normalized spacial score (nSPS) is 14.0. The Morgan fingerprint density at radius 1 is 1.30 bits per heavy atom. The molecule has 6 nitrogen and oxygen atoms in total. The van der Waals surface area contributed by atoms with Crippen LogP contribution in [0.2, 0.25) is 0 Å². The lowest BCUT2D eigenvalue weighted by atomic mass is 10.2. The summed E-state index contributed by atoms with van der Waals surface area (Å²) in [5.41, 5.74) is 1.40. The molecule has 0 unspecified atom stereocenters. The molecule has 3 rings (SSSR count). The van der Waals surface area contributed by atoms with Crippen molar-refractivity contribution in [2.24, 2.45) is 0 Å². The quantitative estimate of drug-likeness (QED) is 0.845. The van der Waals surface area contributed by atoms with E-state index in [-0.39, 0.29) is 24.9 Å². The van der Waals surface area contributed by atoms with Gasteiger partial charge in [0.1, 0.15) is 0 Å². The highest BCUT2D eigenvalue weighted by molar-refractivity contribution is 7.14. The number of hydrogen-bond acceptors (Lipinski definition) is 4. The number of hydrogen-bond donors (Lipinski definition) is 2. The Hall–Kier alpha value is -2.67. The van der Waals surface area contributed by atoms with Crippen LogP contribution >= 0.6 is 11.3 Å². The average Bonchev–Trinajstić information content (AvgIpc) is 3.09. The van der Waals surface area contributed by atoms with Gasteiger partial charge in [0.25, 0.3) is 5.91 Å². The van der Waals surface area contributed by atoms with Gasteiger partial charge in [-0.2, -0.15) is 0 Å². The first-order valence-corrected chi connectivity index (χ1v) is 7.89. The summed E-state index contributed by atoms with van der Waals surface area (Å²) in [4.78, 5) is 38.2. The Balaban J connectivity index is 1.71. The third kappa shape index (κ3) is 3.40. The van der Waals surface area contributed by atoms with E-state index in [0.717, 1.165) is 15.3 Å². The molecule has 1 aromatic carbocycles. The summed E-state index contributed by atoms with van der Waals surface area (Å²) in [6, 6.07) is 10.4. The molecule has 4 amide bonds. The molecule has 2 heterocycles. The lowest BCUT2D eigenvalue weighted by Gasteiger charge is -2.13. The van der Waals surface area contributed by atoms with Gasteiger partial charge in [0.2, 0.25) is 5.91 Å². The first kappa shape index (κ1) is 15.2. The standard InChI is InChI=1S/C16H15N3O3S/c1-10-5-6-13(23-10)15(21)18-12-4-2-3-11(7-12)9-19-14(20)8-17-16(19)22/h2-7H,8-9H2,1H3,(H,17,22)(H,18,21). The van der Waals surface area contributed by atoms with Gasteiger partial charge in [-0.15, -0.1) is 11.3 Å². The third-order valence-corrected chi connectivity index (χ3v) is 4.43. The highest BCUT2D eigenvalue weighted by atomic mass is 32.1. The van der Waals surface area contributed by atoms with Crippen LogP contribution in [0, 0.1) is 6.92 Å². The molecule has 0 bridgehead atoms. The fourth-order valence-electron chi connectivity index (χ4n) is 2.29. The molecule has 118 valence electrons. The Labute approximate surface area is 137 Å². The molecule has 0 atom stereocenters. The number of anilines is 1. The van der Waals surface area contributed by atoms with Crippen LogP contribution < -0.4 is 10.6 Å². The van der Waals surface area contributed by atoms with Gasteiger partial charge in [-0.25, -0.2) is 4.79 Å². The van der Waals surface area contributed by atoms with Gasteiger partial charge in [0.15, 0.2) is 0 Å². The molecule has 7 heteroatoms. The van der Waals surface area contributed by atoms with E-state index in [2.05, 4.69) is 10.6 Å². The molecular formula is C16H15N3O3S. The van der Waals surface area contributed by atoms with Crippen LogP contribution in [-0.4, -0.2) is 29.3 Å². The number of carbonyl (C=O) groups is 3. The summed E-state index contributed by atoms with van der Waals surface area (Å²) < 4.78 is 0. The molecule has 1 fully saturated rings. The number of amides is 4. The molecule has 2 aromatic rings. The predicted octanol–water partition coefficient (Wildman–Crippen LogP) is 2.36. The summed E-state index contributed by atoms with van der Waals surface area (Å²) in [7, 11) is 0. The number of rotatable bonds is 4. The number of nitrogens with zero attached hydrogens (tertiary/aromatic N) is 1. The van der Waals surface area contributed by atoms with Crippen molar-refractivity contribution in [2.75, 3.05) is 11.9 Å². The number of carbonyl (C=O) groups excluding carboxylic acids is 3. The summed E-state index contributed by atoms with van der Waals surface area (Å²) in [6.45, 7) is 2.17. The number of thiophene rings is 1. The van der Waals surface area contributed by atoms with E-state index in [1.807, 2.05) is 19.1 Å². The molecule has 1 aromatic heterocycles. The molecule has 23 heavy (non-hydrogen) atoms. The Bertz CT molecular complexity index is 768. The molecule has 0 spiro atoms. The summed E-state index contributed by atoms with van der Waals surface area (Å²) in [6.07, 6.45) is 0. The van der Waals surface area contributed by atoms with Crippen LogP contribution in [0.1, 0.15) is 20.1 Å². The van der Waals surface area contributed by atoms with Gasteiger partial charge in [-0.3, -0.25) is 14.5 Å². The van der Waals surface area contributed by atoms with Gasteiger partial charge in [-0.1, -0.05) is 12.1 Å². The van der Waals surface area contributed by atoms with E-state index in [1.54, 1.807) is 24.3 Å². The minimum Gasteiger partial charge on any atom is -0.329 e. The molecule has 0 radical (unpaired) electrons. The number of aryl methyl sites for hydroxylation is 1. The fourth-order valence-corrected chi connectivity index (χ4v) is 3.06. The molecule has 1 saturated heterocycles. The molecular weight excluding hydrogens is 314 g/mol. The van der Waals surface area contributed by atoms with Crippen LogP contribution in [0.15, 0.2) is 36.4 Å². The number of benzene rings is 1. The molecule has 1 aliphatic rings. The molecule has 0 saturated carbocycles. The van der Waals surface area contributed by atoms with Crippen molar-refractivity contribution in [3.8, 4) is 0 Å². The predicted molar refractivity (Wildman–Crippen MR) is 87.4 cm³/mol. The number of nitrogens with one attached hydrogen (secondary N) is 2. The number of imide groups is 1. The van der Waals surface area contributed by atoms with Crippen molar-refractivity contribution in [3.63, 3.8) is 0 Å². The Kier molecular flexibility index (Phi) is 4.12. The zero-order valence-electron chi connectivity index (χ0n) is 12.5. The van der Waals surface area contributed by atoms with E-state index in [1.165, 1.54) is 11.3 Å². The van der Waals surface area contributed by atoms with Crippen molar-refractivity contribution < 1.29 is 14.4 Å². The van der Waals surface area contributed by atoms with Crippen molar-refractivity contribution in [2.45, 2.75) is 13.5 Å². The maximum atomic E-state index is 12.2. The lowest BCUT2D eigenvalue weighted by molar-refractivity contribution is -0.125. The van der Waals surface area contributed by atoms with E-state index in [4.69, 9.17) is 0 Å². The topological polar surface area (TPSA) is 78.5 Å². The molecule has 0 aliphatic carbocycles. The summed E-state index contributed by atoms with van der Waals surface area (Å²) >= 11 is 1.43. The van der Waals surface area contributed by atoms with Crippen LogP contribution in [0.5, 0.6) is 0 Å². The first-order chi connectivity index (χ1) is 11.0. The Morgan fingerprint density at radius 2 is 2.13 bits per heavy atom. The second kappa shape index (κ2) is 6.21. The Morgan fingerprint density at radius 3 is 2.78 bits per heavy atom. The fraction of sp³-hybridized carbons (Fsp3) is 0.188. The van der Waals surface area contributed by atoms with E-state index >= 15 is 0 Å².